The van der Waals surface area contributed by atoms with E-state index in [1.165, 1.54) is 0 Å². The average molecular weight is 254 g/mol. The van der Waals surface area contributed by atoms with E-state index >= 15 is 0 Å². The fourth-order valence-electron chi connectivity index (χ4n) is 1.68. The summed E-state index contributed by atoms with van der Waals surface area (Å²) >= 11 is 0. The number of amides is 2. The highest BCUT2D eigenvalue weighted by Crippen LogP contribution is 2.33. The summed E-state index contributed by atoms with van der Waals surface area (Å²) in [6.45, 7) is -0.478. The minimum atomic E-state index is -4.58. The Hall–Kier alpha value is -2.36. The van der Waals surface area contributed by atoms with Gasteiger partial charge < -0.3 is 0 Å². The molecule has 1 aliphatic heterocycles. The van der Waals surface area contributed by atoms with Crippen molar-refractivity contribution in [3.63, 3.8) is 0 Å². The predicted octanol–water partition coefficient (Wildman–Crippen LogP) is 1.82. The molecule has 0 atom stereocenters. The van der Waals surface area contributed by atoms with Gasteiger partial charge >= 0.3 is 6.18 Å². The van der Waals surface area contributed by atoms with Crippen LogP contribution in [-0.4, -0.2) is 23.3 Å². The van der Waals surface area contributed by atoms with Gasteiger partial charge in [0.2, 0.25) is 0 Å². The van der Waals surface area contributed by atoms with E-state index in [1.807, 2.05) is 0 Å². The summed E-state index contributed by atoms with van der Waals surface area (Å²) < 4.78 is 37.4. The summed E-state index contributed by atoms with van der Waals surface area (Å²) in [5.41, 5.74) is -1.42. The van der Waals surface area contributed by atoms with Crippen LogP contribution in [0.25, 0.3) is 0 Å². The van der Waals surface area contributed by atoms with Gasteiger partial charge in [-0.3, -0.25) is 14.5 Å². The van der Waals surface area contributed by atoms with Crippen molar-refractivity contribution in [3.05, 3.63) is 34.9 Å². The summed E-state index contributed by atoms with van der Waals surface area (Å²) in [6, 6.07) is 3.93. The minimum absolute atomic E-state index is 0.108. The van der Waals surface area contributed by atoms with Crippen molar-refractivity contribution in [2.24, 2.45) is 0 Å². The molecule has 1 aromatic rings. The Morgan fingerprint density at radius 2 is 1.78 bits per heavy atom. The van der Waals surface area contributed by atoms with Crippen LogP contribution in [0.4, 0.5) is 13.2 Å². The first-order valence-corrected chi connectivity index (χ1v) is 4.80. The number of hydrogen-bond donors (Lipinski definition) is 0. The van der Waals surface area contributed by atoms with Crippen molar-refractivity contribution in [1.82, 2.24) is 4.90 Å². The van der Waals surface area contributed by atoms with E-state index in [1.54, 1.807) is 6.07 Å². The molecule has 7 heteroatoms. The summed E-state index contributed by atoms with van der Waals surface area (Å²) in [6.07, 6.45) is -4.58. The Balaban J connectivity index is 2.50. The van der Waals surface area contributed by atoms with E-state index < -0.39 is 30.1 Å². The largest absolute Gasteiger partial charge is 0.416 e. The zero-order valence-corrected chi connectivity index (χ0v) is 8.78. The van der Waals surface area contributed by atoms with E-state index in [0.29, 0.717) is 11.0 Å². The normalized spacial score (nSPS) is 14.7. The number of halogens is 3. The number of imide groups is 1. The van der Waals surface area contributed by atoms with Crippen molar-refractivity contribution < 1.29 is 22.8 Å². The number of nitrogens with zero attached hydrogens (tertiary/aromatic N) is 2. The molecule has 0 unspecified atom stereocenters. The highest BCUT2D eigenvalue weighted by molar-refractivity contribution is 6.21. The van der Waals surface area contributed by atoms with E-state index in [-0.39, 0.29) is 11.1 Å². The number of carbonyl (C=O) groups excluding carboxylic acids is 2. The summed E-state index contributed by atoms with van der Waals surface area (Å²) in [5, 5.41) is 8.45. The molecule has 4 nitrogen and oxygen atoms in total. The van der Waals surface area contributed by atoms with Gasteiger partial charge in [0, 0.05) is 0 Å². The lowest BCUT2D eigenvalue weighted by atomic mass is 10.1. The van der Waals surface area contributed by atoms with E-state index in [0.717, 1.165) is 12.1 Å². The Morgan fingerprint density at radius 1 is 1.17 bits per heavy atom. The van der Waals surface area contributed by atoms with Gasteiger partial charge in [-0.05, 0) is 18.2 Å². The zero-order valence-electron chi connectivity index (χ0n) is 8.78. The van der Waals surface area contributed by atoms with Crippen LogP contribution < -0.4 is 0 Å². The lowest BCUT2D eigenvalue weighted by Crippen LogP contribution is -2.29. The van der Waals surface area contributed by atoms with Crippen LogP contribution in [0.2, 0.25) is 0 Å². The van der Waals surface area contributed by atoms with Gasteiger partial charge in [-0.2, -0.15) is 18.4 Å². The van der Waals surface area contributed by atoms with Crippen molar-refractivity contribution in [3.8, 4) is 6.07 Å². The van der Waals surface area contributed by atoms with Crippen LogP contribution in [0.1, 0.15) is 26.3 Å². The third-order valence-electron chi connectivity index (χ3n) is 2.53. The molecular formula is C11H5F3N2O2. The van der Waals surface area contributed by atoms with Gasteiger partial charge in [0.25, 0.3) is 11.8 Å². The molecule has 18 heavy (non-hydrogen) atoms. The summed E-state index contributed by atoms with van der Waals surface area (Å²) in [4.78, 5) is 23.9. The summed E-state index contributed by atoms with van der Waals surface area (Å²) in [7, 11) is 0. The molecule has 0 N–H and O–H groups in total. The lowest BCUT2D eigenvalue weighted by Gasteiger charge is -2.07. The van der Waals surface area contributed by atoms with Gasteiger partial charge in [-0.25, -0.2) is 0 Å². The van der Waals surface area contributed by atoms with Crippen LogP contribution in [0, 0.1) is 11.3 Å². The summed E-state index contributed by atoms with van der Waals surface area (Å²) in [5.74, 6) is -1.62. The van der Waals surface area contributed by atoms with Gasteiger partial charge in [0.1, 0.15) is 6.54 Å². The van der Waals surface area contributed by atoms with Crippen LogP contribution in [0.5, 0.6) is 0 Å². The maximum atomic E-state index is 12.5. The van der Waals surface area contributed by atoms with Crippen molar-refractivity contribution >= 4 is 11.8 Å². The van der Waals surface area contributed by atoms with Crippen molar-refractivity contribution in [2.45, 2.75) is 6.18 Å². The number of alkyl halides is 3. The standard InChI is InChI=1S/C11H5F3N2O2/c12-11(13,14)6-1-2-7-8(5-6)10(18)16(4-3-15)9(7)17/h1-2,5H,4H2. The number of hydrogen-bond acceptors (Lipinski definition) is 3. The van der Waals surface area contributed by atoms with Crippen LogP contribution >= 0.6 is 0 Å². The first kappa shape index (κ1) is 12.1. The molecule has 1 aliphatic rings. The fraction of sp³-hybridized carbons (Fsp3) is 0.182. The van der Waals surface area contributed by atoms with Crippen LogP contribution in [0.15, 0.2) is 18.2 Å². The lowest BCUT2D eigenvalue weighted by molar-refractivity contribution is -0.137. The fourth-order valence-corrected chi connectivity index (χ4v) is 1.68. The topological polar surface area (TPSA) is 61.2 Å². The SMILES string of the molecule is N#CCN1C(=O)c2ccc(C(F)(F)F)cc2C1=O. The third kappa shape index (κ3) is 1.72. The van der Waals surface area contributed by atoms with Gasteiger partial charge in [-0.1, -0.05) is 0 Å². The molecule has 2 amide bonds. The first-order valence-electron chi connectivity index (χ1n) is 4.80. The maximum absolute atomic E-state index is 12.5. The minimum Gasteiger partial charge on any atom is -0.269 e. The van der Waals surface area contributed by atoms with Crippen LogP contribution in [0.3, 0.4) is 0 Å². The average Bonchev–Trinajstić information content (AvgIpc) is 2.53. The molecule has 1 aromatic carbocycles. The zero-order chi connectivity index (χ0) is 13.5. The quantitative estimate of drug-likeness (QED) is 0.567. The smallest absolute Gasteiger partial charge is 0.269 e. The molecule has 0 aliphatic carbocycles. The van der Waals surface area contributed by atoms with Gasteiger partial charge in [0.05, 0.1) is 22.8 Å². The monoisotopic (exact) mass is 254 g/mol. The molecule has 0 radical (unpaired) electrons. The molecule has 1 heterocycles. The molecule has 0 saturated carbocycles. The molecule has 0 fully saturated rings. The molecule has 92 valence electrons. The maximum Gasteiger partial charge on any atom is 0.416 e. The number of benzene rings is 1. The number of fused-ring (bicyclic) bond motifs is 1. The Kier molecular flexibility index (Phi) is 2.58. The van der Waals surface area contributed by atoms with E-state index in [2.05, 4.69) is 0 Å². The first-order chi connectivity index (χ1) is 8.36. The number of carbonyl (C=O) groups is 2. The molecule has 0 saturated heterocycles. The third-order valence-corrected chi connectivity index (χ3v) is 2.53. The highest BCUT2D eigenvalue weighted by Gasteiger charge is 2.38. The van der Waals surface area contributed by atoms with Gasteiger partial charge in [-0.15, -0.1) is 0 Å². The van der Waals surface area contributed by atoms with E-state index in [4.69, 9.17) is 5.26 Å². The second-order valence-electron chi connectivity index (χ2n) is 3.61. The molecule has 0 bridgehead atoms. The Labute approximate surface area is 99.2 Å². The van der Waals surface area contributed by atoms with Gasteiger partial charge in [0.15, 0.2) is 0 Å². The number of nitriles is 1. The predicted molar refractivity (Wildman–Crippen MR) is 52.4 cm³/mol. The van der Waals surface area contributed by atoms with Crippen molar-refractivity contribution in [2.75, 3.05) is 6.54 Å². The molecular weight excluding hydrogens is 249 g/mol. The second-order valence-corrected chi connectivity index (χ2v) is 3.61. The molecule has 0 aromatic heterocycles. The highest BCUT2D eigenvalue weighted by atomic mass is 19.4. The van der Waals surface area contributed by atoms with E-state index in [9.17, 15) is 22.8 Å². The Morgan fingerprint density at radius 3 is 2.33 bits per heavy atom. The Bertz CT molecular complexity index is 587. The van der Waals surface area contributed by atoms with Crippen LogP contribution in [-0.2, 0) is 6.18 Å². The second kappa shape index (κ2) is 3.84. The number of rotatable bonds is 1. The molecule has 0 spiro atoms. The van der Waals surface area contributed by atoms with Crippen molar-refractivity contribution in [1.29, 1.82) is 5.26 Å². The molecule has 2 rings (SSSR count).